The number of rotatable bonds is 4. The molecular weight excluding hydrogens is 214 g/mol. The van der Waals surface area contributed by atoms with Crippen LogP contribution in [0.5, 0.6) is 0 Å². The Morgan fingerprint density at radius 1 is 1.18 bits per heavy atom. The van der Waals surface area contributed by atoms with E-state index in [9.17, 15) is 4.79 Å². The summed E-state index contributed by atoms with van der Waals surface area (Å²) in [6.45, 7) is 5.62. The molecule has 1 rings (SSSR count). The van der Waals surface area contributed by atoms with Crippen LogP contribution in [-0.2, 0) is 9.53 Å². The van der Waals surface area contributed by atoms with Crippen molar-refractivity contribution in [3.05, 3.63) is 0 Å². The molecule has 0 aromatic heterocycles. The molecule has 98 valence electrons. The van der Waals surface area contributed by atoms with Crippen LogP contribution in [0.3, 0.4) is 0 Å². The van der Waals surface area contributed by atoms with Crippen molar-refractivity contribution in [3.8, 4) is 0 Å². The van der Waals surface area contributed by atoms with Crippen molar-refractivity contribution in [2.75, 3.05) is 0 Å². The van der Waals surface area contributed by atoms with E-state index in [0.717, 1.165) is 18.6 Å². The van der Waals surface area contributed by atoms with Crippen LogP contribution >= 0.6 is 0 Å². The average molecular weight is 239 g/mol. The molecule has 3 heteroatoms. The van der Waals surface area contributed by atoms with Crippen molar-refractivity contribution in [2.24, 2.45) is 5.92 Å². The lowest BCUT2D eigenvalue weighted by Gasteiger charge is -2.23. The molecule has 1 saturated carbocycles. The van der Waals surface area contributed by atoms with Gasteiger partial charge in [0.25, 0.3) is 0 Å². The Balaban J connectivity index is 2.25. The first-order chi connectivity index (χ1) is 7.88. The fourth-order valence-corrected chi connectivity index (χ4v) is 2.28. The zero-order valence-electron chi connectivity index (χ0n) is 11.3. The predicted octanol–water partition coefficient (Wildman–Crippen LogP) is 3.71. The van der Waals surface area contributed by atoms with Gasteiger partial charge in [-0.25, -0.2) is 0 Å². The number of carbonyl (C=O) groups is 1. The minimum Gasteiger partial charge on any atom is -0.460 e. The van der Waals surface area contributed by atoms with Gasteiger partial charge in [-0.3, -0.25) is 4.79 Å². The van der Waals surface area contributed by atoms with Crippen molar-refractivity contribution in [3.63, 3.8) is 0 Å². The summed E-state index contributed by atoms with van der Waals surface area (Å²) in [5, 5.41) is 8.00. The van der Waals surface area contributed by atoms with E-state index in [4.69, 9.17) is 10.1 Å². The lowest BCUT2D eigenvalue weighted by molar-refractivity contribution is -0.154. The molecule has 0 aliphatic heterocycles. The second kappa shape index (κ2) is 6.18. The van der Waals surface area contributed by atoms with Crippen molar-refractivity contribution in [2.45, 2.75) is 71.3 Å². The second-order valence-corrected chi connectivity index (χ2v) is 5.95. The Hall–Kier alpha value is -0.860. The lowest BCUT2D eigenvalue weighted by atomic mass is 9.84. The van der Waals surface area contributed by atoms with Crippen LogP contribution in [0.2, 0.25) is 0 Å². The average Bonchev–Trinajstić information content (AvgIpc) is 2.25. The Bertz CT molecular complexity index is 272. The predicted molar refractivity (Wildman–Crippen MR) is 69.4 cm³/mol. The highest BCUT2D eigenvalue weighted by Gasteiger charge is 2.20. The van der Waals surface area contributed by atoms with Gasteiger partial charge in [-0.15, -0.1) is 0 Å². The Morgan fingerprint density at radius 3 is 2.29 bits per heavy atom. The summed E-state index contributed by atoms with van der Waals surface area (Å²) in [6, 6.07) is 0. The monoisotopic (exact) mass is 239 g/mol. The number of hydrogen-bond acceptors (Lipinski definition) is 3. The molecule has 0 atom stereocenters. The van der Waals surface area contributed by atoms with Gasteiger partial charge < -0.3 is 10.1 Å². The molecule has 0 aromatic carbocycles. The third-order valence-corrected chi connectivity index (χ3v) is 3.12. The molecule has 0 bridgehead atoms. The van der Waals surface area contributed by atoms with Gasteiger partial charge in [0, 0.05) is 5.71 Å². The Morgan fingerprint density at radius 2 is 1.76 bits per heavy atom. The molecule has 0 amide bonds. The highest BCUT2D eigenvalue weighted by atomic mass is 16.6. The summed E-state index contributed by atoms with van der Waals surface area (Å²) in [7, 11) is 0. The van der Waals surface area contributed by atoms with E-state index < -0.39 is 5.60 Å². The van der Waals surface area contributed by atoms with Crippen molar-refractivity contribution in [1.82, 2.24) is 0 Å². The summed E-state index contributed by atoms with van der Waals surface area (Å²) in [6.07, 6.45) is 6.96. The zero-order chi connectivity index (χ0) is 12.9. The van der Waals surface area contributed by atoms with Crippen LogP contribution in [0.4, 0.5) is 0 Å². The maximum absolute atomic E-state index is 11.5. The van der Waals surface area contributed by atoms with Crippen molar-refractivity contribution < 1.29 is 9.53 Å². The summed E-state index contributed by atoms with van der Waals surface area (Å²) in [4.78, 5) is 11.5. The van der Waals surface area contributed by atoms with Gasteiger partial charge in [-0.05, 0) is 46.0 Å². The van der Waals surface area contributed by atoms with Gasteiger partial charge >= 0.3 is 5.97 Å². The summed E-state index contributed by atoms with van der Waals surface area (Å²) < 4.78 is 5.24. The van der Waals surface area contributed by atoms with Crippen LogP contribution in [0.1, 0.15) is 65.7 Å². The van der Waals surface area contributed by atoms with Crippen LogP contribution < -0.4 is 0 Å². The molecule has 1 fully saturated rings. The first-order valence-electron chi connectivity index (χ1n) is 6.67. The number of carbonyl (C=O) groups excluding carboxylic acids is 1. The van der Waals surface area contributed by atoms with Crippen molar-refractivity contribution in [1.29, 1.82) is 5.41 Å². The third kappa shape index (κ3) is 5.85. The Labute approximate surface area is 104 Å². The van der Waals surface area contributed by atoms with Crippen LogP contribution in [0, 0.1) is 11.3 Å². The van der Waals surface area contributed by atoms with E-state index >= 15 is 0 Å². The molecule has 17 heavy (non-hydrogen) atoms. The standard InChI is InChI=1S/C14H25NO2/c1-14(2,3)17-13(16)10-9-12(15)11-7-5-4-6-8-11/h11,15H,4-10H2,1-3H3. The second-order valence-electron chi connectivity index (χ2n) is 5.95. The van der Waals surface area contributed by atoms with Crippen LogP contribution in [-0.4, -0.2) is 17.3 Å². The topological polar surface area (TPSA) is 50.2 Å². The largest absolute Gasteiger partial charge is 0.460 e. The number of esters is 1. The minimum absolute atomic E-state index is 0.182. The molecular formula is C14H25NO2. The number of ether oxygens (including phenoxy) is 1. The number of hydrogen-bond donors (Lipinski definition) is 1. The molecule has 0 spiro atoms. The Kier molecular flexibility index (Phi) is 5.16. The summed E-state index contributed by atoms with van der Waals surface area (Å²) >= 11 is 0. The summed E-state index contributed by atoms with van der Waals surface area (Å²) in [5.41, 5.74) is 0.333. The number of nitrogens with one attached hydrogen (secondary N) is 1. The molecule has 0 unspecified atom stereocenters. The molecule has 1 N–H and O–H groups in total. The first-order valence-corrected chi connectivity index (χ1v) is 6.67. The van der Waals surface area contributed by atoms with Gasteiger partial charge in [0.1, 0.15) is 5.60 Å². The third-order valence-electron chi connectivity index (χ3n) is 3.12. The van der Waals surface area contributed by atoms with E-state index in [1.54, 1.807) is 0 Å². The molecule has 0 radical (unpaired) electrons. The van der Waals surface area contributed by atoms with Gasteiger partial charge in [0.15, 0.2) is 0 Å². The molecule has 3 nitrogen and oxygen atoms in total. The van der Waals surface area contributed by atoms with E-state index in [1.165, 1.54) is 19.3 Å². The zero-order valence-corrected chi connectivity index (χ0v) is 11.3. The fourth-order valence-electron chi connectivity index (χ4n) is 2.28. The van der Waals surface area contributed by atoms with Gasteiger partial charge in [-0.2, -0.15) is 0 Å². The van der Waals surface area contributed by atoms with Gasteiger partial charge in [-0.1, -0.05) is 19.3 Å². The van der Waals surface area contributed by atoms with Gasteiger partial charge in [0.05, 0.1) is 6.42 Å². The maximum atomic E-state index is 11.5. The highest BCUT2D eigenvalue weighted by molar-refractivity contribution is 5.87. The molecule has 0 aromatic rings. The molecule has 0 heterocycles. The van der Waals surface area contributed by atoms with E-state index in [0.29, 0.717) is 18.8 Å². The van der Waals surface area contributed by atoms with Gasteiger partial charge in [0.2, 0.25) is 0 Å². The van der Waals surface area contributed by atoms with Crippen LogP contribution in [0.15, 0.2) is 0 Å². The minimum atomic E-state index is -0.413. The fraction of sp³-hybridized carbons (Fsp3) is 0.857. The summed E-state index contributed by atoms with van der Waals surface area (Å²) in [5.74, 6) is 0.240. The van der Waals surface area contributed by atoms with E-state index in [2.05, 4.69) is 0 Å². The van der Waals surface area contributed by atoms with E-state index in [-0.39, 0.29) is 5.97 Å². The molecule has 0 saturated heterocycles. The maximum Gasteiger partial charge on any atom is 0.306 e. The van der Waals surface area contributed by atoms with Crippen LogP contribution in [0.25, 0.3) is 0 Å². The van der Waals surface area contributed by atoms with E-state index in [1.807, 2.05) is 20.8 Å². The SMILES string of the molecule is CC(C)(C)OC(=O)CCC(=N)C1CCCCC1. The molecule has 1 aliphatic carbocycles. The first kappa shape index (κ1) is 14.2. The molecule has 1 aliphatic rings. The smallest absolute Gasteiger partial charge is 0.306 e. The lowest BCUT2D eigenvalue weighted by Crippen LogP contribution is -2.25. The van der Waals surface area contributed by atoms with Crippen molar-refractivity contribution >= 4 is 11.7 Å². The highest BCUT2D eigenvalue weighted by Crippen LogP contribution is 2.26. The normalized spacial score (nSPS) is 17.8. The quantitative estimate of drug-likeness (QED) is 0.600.